The zero-order valence-electron chi connectivity index (χ0n) is 25.3. The number of thiazole rings is 1. The van der Waals surface area contributed by atoms with Gasteiger partial charge in [0.05, 0.1) is 18.2 Å². The molecule has 2 aliphatic rings. The van der Waals surface area contributed by atoms with E-state index in [9.17, 15) is 14.4 Å². The van der Waals surface area contributed by atoms with E-state index < -0.39 is 0 Å². The SMILES string of the molecule is CC1C=c2c(ccc3c2=CC(=O)c2ccccc2-3)C(C)C1=O.O=C(Cn1cnc2ncncc21)Nc1nc(-c2cccc(Br)c2)cs1. The smallest absolute Gasteiger partial charge is 0.246 e. The van der Waals surface area contributed by atoms with Crippen molar-refractivity contribution in [3.63, 3.8) is 0 Å². The van der Waals surface area contributed by atoms with Gasteiger partial charge in [-0.05, 0) is 45.3 Å². The molecular weight excluding hydrogens is 676 g/mol. The molecule has 0 saturated carbocycles. The number of carbonyl (C=O) groups is 3. The minimum absolute atomic E-state index is 0.0436. The van der Waals surface area contributed by atoms with Crippen LogP contribution in [0.15, 0.2) is 89.4 Å². The van der Waals surface area contributed by atoms with Crippen LogP contribution in [-0.2, 0) is 16.1 Å². The number of nitrogens with one attached hydrogen (secondary N) is 1. The summed E-state index contributed by atoms with van der Waals surface area (Å²) in [5, 5.41) is 7.31. The van der Waals surface area contributed by atoms with E-state index in [1.54, 1.807) is 23.2 Å². The second-order valence-corrected chi connectivity index (χ2v) is 13.1. The first-order chi connectivity index (χ1) is 22.8. The number of imidazole rings is 1. The zero-order valence-corrected chi connectivity index (χ0v) is 27.7. The third-order valence-electron chi connectivity index (χ3n) is 8.32. The molecule has 1 amide bonds. The van der Waals surface area contributed by atoms with Crippen molar-refractivity contribution in [1.29, 1.82) is 0 Å². The van der Waals surface area contributed by atoms with Crippen LogP contribution in [0.25, 0.3) is 45.7 Å². The molecule has 8 rings (SSSR count). The Balaban J connectivity index is 0.000000151. The molecule has 6 aromatic rings. The highest BCUT2D eigenvalue weighted by Gasteiger charge is 2.27. The monoisotopic (exact) mass is 702 g/mol. The van der Waals surface area contributed by atoms with Crippen molar-refractivity contribution in [3.05, 3.63) is 111 Å². The van der Waals surface area contributed by atoms with Crippen LogP contribution in [0, 0.1) is 5.92 Å². The first kappa shape index (κ1) is 30.5. The molecule has 0 fully saturated rings. The standard InChI is InChI=1S/C20H16O2.C16H11BrN6OS/c1-11-9-17-13(12(2)20(11)22)7-8-15-14-5-3-4-6-16(14)19(21)10-18(15)17;17-11-3-1-2-10(4-11)12-7-25-16(21-12)22-14(24)6-23-9-20-15-13(23)5-18-8-19-15/h3-12H,1-2H3;1-5,7-9H,6H2,(H,21,22,24). The minimum atomic E-state index is -0.182. The third-order valence-corrected chi connectivity index (χ3v) is 9.58. The molecule has 0 saturated heterocycles. The average Bonchev–Trinajstić information content (AvgIpc) is 3.71. The van der Waals surface area contributed by atoms with Crippen LogP contribution in [-0.4, -0.2) is 42.0 Å². The van der Waals surface area contributed by atoms with E-state index in [4.69, 9.17) is 0 Å². The van der Waals surface area contributed by atoms with Crippen molar-refractivity contribution in [1.82, 2.24) is 24.5 Å². The predicted molar refractivity (Wildman–Crippen MR) is 186 cm³/mol. The first-order valence-electron chi connectivity index (χ1n) is 14.9. The molecule has 0 radical (unpaired) electrons. The van der Waals surface area contributed by atoms with Gasteiger partial charge in [0, 0.05) is 32.8 Å². The van der Waals surface area contributed by atoms with Crippen LogP contribution in [0.4, 0.5) is 5.13 Å². The van der Waals surface area contributed by atoms with E-state index in [1.807, 2.05) is 86.0 Å². The maximum absolute atomic E-state index is 12.4. The zero-order chi connectivity index (χ0) is 32.7. The summed E-state index contributed by atoms with van der Waals surface area (Å²) < 4.78 is 2.69. The van der Waals surface area contributed by atoms with Crippen LogP contribution < -0.4 is 15.8 Å². The first-order valence-corrected chi connectivity index (χ1v) is 16.6. The Morgan fingerprint density at radius 2 is 1.81 bits per heavy atom. The molecule has 0 aliphatic heterocycles. The maximum atomic E-state index is 12.4. The fraction of sp³-hybridized carbons (Fsp3) is 0.139. The second-order valence-electron chi connectivity index (χ2n) is 11.4. The number of rotatable bonds is 4. The lowest BCUT2D eigenvalue weighted by Gasteiger charge is -2.23. The van der Waals surface area contributed by atoms with Crippen LogP contribution >= 0.6 is 27.3 Å². The number of hydrogen-bond acceptors (Lipinski definition) is 8. The lowest BCUT2D eigenvalue weighted by Crippen LogP contribution is -2.40. The van der Waals surface area contributed by atoms with Crippen LogP contribution in [0.5, 0.6) is 0 Å². The van der Waals surface area contributed by atoms with E-state index in [2.05, 4.69) is 41.2 Å². The van der Waals surface area contributed by atoms with Crippen LogP contribution in [0.3, 0.4) is 0 Å². The topological polar surface area (TPSA) is 120 Å². The summed E-state index contributed by atoms with van der Waals surface area (Å²) in [7, 11) is 0. The second kappa shape index (κ2) is 12.6. The maximum Gasteiger partial charge on any atom is 0.246 e. The number of Topliss-reactive ketones (excluding diaryl/α,β-unsaturated/α-hetero) is 2. The van der Waals surface area contributed by atoms with Gasteiger partial charge in [0.25, 0.3) is 0 Å². The van der Waals surface area contributed by atoms with E-state index in [0.717, 1.165) is 48.4 Å². The number of benzene rings is 3. The molecule has 0 bridgehead atoms. The van der Waals surface area contributed by atoms with Crippen molar-refractivity contribution in [3.8, 4) is 22.4 Å². The van der Waals surface area contributed by atoms with E-state index in [-0.39, 0.29) is 35.9 Å². The average molecular weight is 704 g/mol. The molecule has 0 spiro atoms. The van der Waals surface area contributed by atoms with Gasteiger partial charge in [0.2, 0.25) is 5.91 Å². The summed E-state index contributed by atoms with van der Waals surface area (Å²) in [6.07, 6.45) is 8.38. The molecule has 3 heterocycles. The van der Waals surface area contributed by atoms with Gasteiger partial charge < -0.3 is 9.88 Å². The fourth-order valence-corrected chi connectivity index (χ4v) is 7.12. The Labute approximate surface area is 281 Å². The summed E-state index contributed by atoms with van der Waals surface area (Å²) in [5.74, 6) is -0.106. The summed E-state index contributed by atoms with van der Waals surface area (Å²) in [6.45, 7) is 4.01. The highest BCUT2D eigenvalue weighted by molar-refractivity contribution is 9.10. The number of halogens is 1. The molecule has 9 nitrogen and oxygen atoms in total. The molecule has 47 heavy (non-hydrogen) atoms. The molecule has 2 unspecified atom stereocenters. The quantitative estimate of drug-likeness (QED) is 0.247. The van der Waals surface area contributed by atoms with Crippen molar-refractivity contribution in [2.75, 3.05) is 5.32 Å². The van der Waals surface area contributed by atoms with Crippen LogP contribution in [0.2, 0.25) is 0 Å². The number of aromatic nitrogens is 5. The summed E-state index contributed by atoms with van der Waals surface area (Å²) >= 11 is 4.83. The van der Waals surface area contributed by atoms with Gasteiger partial charge in [-0.25, -0.2) is 19.9 Å². The predicted octanol–water partition coefficient (Wildman–Crippen LogP) is 5.78. The number of amides is 1. The Morgan fingerprint density at radius 1 is 0.979 bits per heavy atom. The fourth-order valence-electron chi connectivity index (χ4n) is 5.98. The number of nitrogens with zero attached hydrogens (tertiary/aromatic N) is 5. The van der Waals surface area contributed by atoms with Crippen LogP contribution in [0.1, 0.15) is 35.7 Å². The van der Waals surface area contributed by atoms with Gasteiger partial charge in [-0.1, -0.05) is 84.4 Å². The van der Waals surface area contributed by atoms with E-state index in [0.29, 0.717) is 16.3 Å². The third kappa shape index (κ3) is 5.95. The van der Waals surface area contributed by atoms with Gasteiger partial charge in [-0.3, -0.25) is 14.4 Å². The van der Waals surface area contributed by atoms with Gasteiger partial charge >= 0.3 is 0 Å². The molecule has 3 aromatic heterocycles. The largest absolute Gasteiger partial charge is 0.318 e. The van der Waals surface area contributed by atoms with Gasteiger partial charge in [-0.15, -0.1) is 11.3 Å². The number of hydrogen-bond donors (Lipinski definition) is 1. The highest BCUT2D eigenvalue weighted by atomic mass is 79.9. The lowest BCUT2D eigenvalue weighted by atomic mass is 9.79. The van der Waals surface area contributed by atoms with Gasteiger partial charge in [0.15, 0.2) is 16.6 Å². The molecule has 3 aromatic carbocycles. The normalized spacial score (nSPS) is 16.1. The van der Waals surface area contributed by atoms with Crippen molar-refractivity contribution in [2.24, 2.45) is 5.92 Å². The van der Waals surface area contributed by atoms with Crippen molar-refractivity contribution < 1.29 is 14.4 Å². The van der Waals surface area contributed by atoms with Gasteiger partial charge in [0.1, 0.15) is 24.2 Å². The molecular formula is C36H27BrN6O3S. The molecule has 1 N–H and O–H groups in total. The number of carbonyl (C=O) groups excluding carboxylic acids is 3. The summed E-state index contributed by atoms with van der Waals surface area (Å²) in [6, 6.07) is 19.7. The highest BCUT2D eigenvalue weighted by Crippen LogP contribution is 2.28. The molecule has 2 atom stereocenters. The summed E-state index contributed by atoms with van der Waals surface area (Å²) in [5.41, 5.74) is 6.94. The molecule has 11 heteroatoms. The Morgan fingerprint density at radius 3 is 2.64 bits per heavy atom. The Bertz CT molecular complexity index is 2350. The molecule has 2 aliphatic carbocycles. The number of fused-ring (bicyclic) bond motifs is 6. The number of ketones is 2. The lowest BCUT2D eigenvalue weighted by molar-refractivity contribution is -0.122. The minimum Gasteiger partial charge on any atom is -0.318 e. The number of anilines is 1. The Hall–Kier alpha value is -5.13. The Kier molecular flexibility index (Phi) is 8.17. The van der Waals surface area contributed by atoms with E-state index in [1.165, 1.54) is 17.7 Å². The molecule has 232 valence electrons. The van der Waals surface area contributed by atoms with E-state index >= 15 is 0 Å². The summed E-state index contributed by atoms with van der Waals surface area (Å²) in [4.78, 5) is 53.5. The van der Waals surface area contributed by atoms with Crippen molar-refractivity contribution >= 4 is 73.2 Å². The van der Waals surface area contributed by atoms with Gasteiger partial charge in [-0.2, -0.15) is 0 Å². The van der Waals surface area contributed by atoms with Crippen molar-refractivity contribution in [2.45, 2.75) is 26.3 Å².